The van der Waals surface area contributed by atoms with Gasteiger partial charge in [-0.25, -0.2) is 0 Å². The van der Waals surface area contributed by atoms with Gasteiger partial charge >= 0.3 is 0 Å². The summed E-state index contributed by atoms with van der Waals surface area (Å²) in [6.07, 6.45) is 1.12. The molecule has 0 unspecified atom stereocenters. The number of hydrogen-bond donors (Lipinski definition) is 1. The molecule has 0 saturated carbocycles. The lowest BCUT2D eigenvalue weighted by molar-refractivity contribution is 0.245. The highest BCUT2D eigenvalue weighted by Gasteiger charge is 2.16. The molecule has 2 aromatic carbocycles. The Morgan fingerprint density at radius 1 is 1.05 bits per heavy atom. The molecule has 0 atom stereocenters. The Morgan fingerprint density at radius 2 is 1.84 bits per heavy atom. The molecule has 0 aliphatic carbocycles. The van der Waals surface area contributed by atoms with E-state index in [1.807, 2.05) is 6.07 Å². The Labute approximate surface area is 127 Å². The molecule has 0 radical (unpaired) electrons. The van der Waals surface area contributed by atoms with Crippen LogP contribution in [-0.2, 0) is 19.5 Å². The minimum absolute atomic E-state index is 0.870. The average molecular weight is 364 g/mol. The van der Waals surface area contributed by atoms with Gasteiger partial charge in [0.05, 0.1) is 0 Å². The quantitative estimate of drug-likeness (QED) is 0.654. The topological polar surface area (TPSA) is 29.3 Å². The number of fused-ring (bicyclic) bond motifs is 1. The largest absolute Gasteiger partial charge is 0.399 e. The van der Waals surface area contributed by atoms with E-state index in [1.165, 1.54) is 20.3 Å². The van der Waals surface area contributed by atoms with E-state index in [1.54, 1.807) is 0 Å². The van der Waals surface area contributed by atoms with Gasteiger partial charge in [0.15, 0.2) is 0 Å². The number of nitrogens with two attached hydrogens (primary N) is 1. The predicted octanol–water partition coefficient (Wildman–Crippen LogP) is 3.43. The van der Waals surface area contributed by atoms with Gasteiger partial charge in [0.2, 0.25) is 0 Å². The third-order valence-electron chi connectivity index (χ3n) is 3.64. The number of halogens is 1. The SMILES string of the molecule is Nc1ccc2c(c1)CN(Cc1ccc(I)cc1)CC2. The monoisotopic (exact) mass is 364 g/mol. The van der Waals surface area contributed by atoms with E-state index in [-0.39, 0.29) is 0 Å². The van der Waals surface area contributed by atoms with Crippen molar-refractivity contribution in [2.45, 2.75) is 19.5 Å². The second-order valence-electron chi connectivity index (χ2n) is 5.12. The lowest BCUT2D eigenvalue weighted by Crippen LogP contribution is -2.30. The fourth-order valence-corrected chi connectivity index (χ4v) is 2.98. The molecule has 3 heteroatoms. The highest BCUT2D eigenvalue weighted by Crippen LogP contribution is 2.22. The third-order valence-corrected chi connectivity index (χ3v) is 4.36. The molecule has 0 spiro atoms. The molecular weight excluding hydrogens is 347 g/mol. The zero-order valence-electron chi connectivity index (χ0n) is 10.8. The summed E-state index contributed by atoms with van der Waals surface area (Å²) in [6, 6.07) is 15.1. The second-order valence-corrected chi connectivity index (χ2v) is 6.36. The van der Waals surface area contributed by atoms with Gasteiger partial charge in [-0.2, -0.15) is 0 Å². The van der Waals surface area contributed by atoms with Crippen LogP contribution in [0, 0.1) is 3.57 Å². The van der Waals surface area contributed by atoms with E-state index >= 15 is 0 Å². The Bertz CT molecular complexity index is 578. The molecule has 0 saturated heterocycles. The van der Waals surface area contributed by atoms with E-state index in [4.69, 9.17) is 5.73 Å². The number of nitrogens with zero attached hydrogens (tertiary/aromatic N) is 1. The molecule has 0 amide bonds. The molecule has 1 aliphatic heterocycles. The molecule has 98 valence electrons. The van der Waals surface area contributed by atoms with Crippen molar-refractivity contribution in [2.75, 3.05) is 12.3 Å². The summed E-state index contributed by atoms with van der Waals surface area (Å²) in [7, 11) is 0. The van der Waals surface area contributed by atoms with Gasteiger partial charge in [-0.3, -0.25) is 4.90 Å². The van der Waals surface area contributed by atoms with Crippen LogP contribution in [0.4, 0.5) is 5.69 Å². The van der Waals surface area contributed by atoms with Gasteiger partial charge in [0.1, 0.15) is 0 Å². The van der Waals surface area contributed by atoms with Crippen molar-refractivity contribution in [3.8, 4) is 0 Å². The van der Waals surface area contributed by atoms with Crippen molar-refractivity contribution in [1.29, 1.82) is 0 Å². The predicted molar refractivity (Wildman–Crippen MR) is 87.8 cm³/mol. The summed E-state index contributed by atoms with van der Waals surface area (Å²) in [5.41, 5.74) is 11.0. The van der Waals surface area contributed by atoms with Gasteiger partial charge in [0, 0.05) is 28.9 Å². The molecule has 0 fully saturated rings. The van der Waals surface area contributed by atoms with E-state index in [0.717, 1.165) is 31.7 Å². The van der Waals surface area contributed by atoms with Crippen LogP contribution in [0.3, 0.4) is 0 Å². The van der Waals surface area contributed by atoms with Crippen molar-refractivity contribution >= 4 is 28.3 Å². The molecular formula is C16H17IN2. The van der Waals surface area contributed by atoms with Gasteiger partial charge in [-0.15, -0.1) is 0 Å². The van der Waals surface area contributed by atoms with Crippen LogP contribution in [0.5, 0.6) is 0 Å². The molecule has 1 aliphatic rings. The smallest absolute Gasteiger partial charge is 0.0317 e. The van der Waals surface area contributed by atoms with Gasteiger partial charge < -0.3 is 5.73 Å². The first-order valence-electron chi connectivity index (χ1n) is 6.55. The summed E-state index contributed by atoms with van der Waals surface area (Å²) < 4.78 is 1.29. The first-order chi connectivity index (χ1) is 9.20. The van der Waals surface area contributed by atoms with Crippen molar-refractivity contribution in [3.05, 3.63) is 62.7 Å². The Hall–Kier alpha value is -1.07. The maximum atomic E-state index is 5.88. The molecule has 2 aromatic rings. The van der Waals surface area contributed by atoms with Crippen LogP contribution in [0.25, 0.3) is 0 Å². The fraction of sp³-hybridized carbons (Fsp3) is 0.250. The second kappa shape index (κ2) is 5.51. The van der Waals surface area contributed by atoms with Gasteiger partial charge in [0.25, 0.3) is 0 Å². The van der Waals surface area contributed by atoms with Crippen molar-refractivity contribution in [1.82, 2.24) is 4.90 Å². The minimum Gasteiger partial charge on any atom is -0.399 e. The average Bonchev–Trinajstić information content (AvgIpc) is 2.41. The Morgan fingerprint density at radius 3 is 2.63 bits per heavy atom. The van der Waals surface area contributed by atoms with Crippen LogP contribution in [0.15, 0.2) is 42.5 Å². The van der Waals surface area contributed by atoms with Crippen LogP contribution in [0.1, 0.15) is 16.7 Å². The molecule has 1 heterocycles. The number of benzene rings is 2. The zero-order valence-corrected chi connectivity index (χ0v) is 12.9. The molecule has 0 aromatic heterocycles. The summed E-state index contributed by atoms with van der Waals surface area (Å²) in [5.74, 6) is 0. The third kappa shape index (κ3) is 3.09. The maximum absolute atomic E-state index is 5.88. The fourth-order valence-electron chi connectivity index (χ4n) is 2.62. The normalized spacial score (nSPS) is 15.2. The molecule has 19 heavy (non-hydrogen) atoms. The number of anilines is 1. The molecule has 2 N–H and O–H groups in total. The van der Waals surface area contributed by atoms with Crippen LogP contribution in [-0.4, -0.2) is 11.4 Å². The van der Waals surface area contributed by atoms with Crippen LogP contribution in [0.2, 0.25) is 0 Å². The standard InChI is InChI=1S/C16H17IN2/c17-15-4-1-12(2-5-15)10-19-8-7-13-3-6-16(18)9-14(13)11-19/h1-6,9H,7-8,10-11,18H2. The summed E-state index contributed by atoms with van der Waals surface area (Å²) in [6.45, 7) is 3.15. The van der Waals surface area contributed by atoms with Gasteiger partial charge in [-0.1, -0.05) is 18.2 Å². The molecule has 3 rings (SSSR count). The summed E-state index contributed by atoms with van der Waals surface area (Å²) >= 11 is 2.34. The Balaban J connectivity index is 1.73. The van der Waals surface area contributed by atoms with E-state index in [2.05, 4.69) is 63.9 Å². The first-order valence-corrected chi connectivity index (χ1v) is 7.63. The highest BCUT2D eigenvalue weighted by atomic mass is 127. The molecule has 0 bridgehead atoms. The number of rotatable bonds is 2. The van der Waals surface area contributed by atoms with Crippen LogP contribution < -0.4 is 5.73 Å². The summed E-state index contributed by atoms with van der Waals surface area (Å²) in [5, 5.41) is 0. The van der Waals surface area contributed by atoms with Gasteiger partial charge in [-0.05, 0) is 70.0 Å². The summed E-state index contributed by atoms with van der Waals surface area (Å²) in [4.78, 5) is 2.49. The first kappa shape index (κ1) is 12.9. The van der Waals surface area contributed by atoms with E-state index < -0.39 is 0 Å². The van der Waals surface area contributed by atoms with E-state index in [9.17, 15) is 0 Å². The number of nitrogen functional groups attached to an aromatic ring is 1. The molecule has 2 nitrogen and oxygen atoms in total. The van der Waals surface area contributed by atoms with Crippen LogP contribution >= 0.6 is 22.6 Å². The Kier molecular flexibility index (Phi) is 3.75. The van der Waals surface area contributed by atoms with Crippen molar-refractivity contribution < 1.29 is 0 Å². The minimum atomic E-state index is 0.870. The zero-order chi connectivity index (χ0) is 13.2. The van der Waals surface area contributed by atoms with E-state index in [0.29, 0.717) is 0 Å². The highest BCUT2D eigenvalue weighted by molar-refractivity contribution is 14.1. The van der Waals surface area contributed by atoms with Crippen molar-refractivity contribution in [3.63, 3.8) is 0 Å². The van der Waals surface area contributed by atoms with Crippen molar-refractivity contribution in [2.24, 2.45) is 0 Å². The lowest BCUT2D eigenvalue weighted by Gasteiger charge is -2.29. The number of hydrogen-bond acceptors (Lipinski definition) is 2. The maximum Gasteiger partial charge on any atom is 0.0317 e. The lowest BCUT2D eigenvalue weighted by atomic mass is 9.99.